The minimum atomic E-state index is -0.846. The van der Waals surface area contributed by atoms with E-state index < -0.39 is 29.1 Å². The lowest BCUT2D eigenvalue weighted by molar-refractivity contribution is -0.138. The molecule has 1 saturated heterocycles. The molecule has 1 fully saturated rings. The van der Waals surface area contributed by atoms with E-state index in [0.717, 1.165) is 5.56 Å². The summed E-state index contributed by atoms with van der Waals surface area (Å²) in [6.45, 7) is 0.254. The van der Waals surface area contributed by atoms with E-state index in [9.17, 15) is 24.0 Å². The molecule has 0 aliphatic carbocycles. The van der Waals surface area contributed by atoms with Crippen LogP contribution in [0.25, 0.3) is 0 Å². The van der Waals surface area contributed by atoms with E-state index in [0.29, 0.717) is 25.0 Å². The molecule has 0 radical (unpaired) electrons. The summed E-state index contributed by atoms with van der Waals surface area (Å²) >= 11 is 5.73. The summed E-state index contributed by atoms with van der Waals surface area (Å²) in [7, 11) is 1.50. The number of nitrogens with zero attached hydrogens (tertiary/aromatic N) is 1. The van der Waals surface area contributed by atoms with Crippen molar-refractivity contribution in [2.75, 3.05) is 25.6 Å². The molecule has 9 nitrogen and oxygen atoms in total. The number of thiol groups is 1. The number of rotatable bonds is 13. The number of nitrogens with one attached hydrogen (secondary N) is 3. The number of thioether (sulfide) groups is 1. The first-order chi connectivity index (χ1) is 16.3. The molecule has 0 bridgehead atoms. The Bertz CT molecular complexity index is 867. The average molecular weight is 509 g/mol. The summed E-state index contributed by atoms with van der Waals surface area (Å²) in [5.74, 6) is -1.27. The number of imide groups is 1. The first-order valence-corrected chi connectivity index (χ1v) is 13.0. The second-order valence-corrected chi connectivity index (χ2v) is 9.51. The number of hydrogen-bond donors (Lipinski definition) is 4. The molecule has 1 heterocycles. The van der Waals surface area contributed by atoms with E-state index in [1.165, 1.54) is 23.7 Å². The SMILES string of the molecule is CNC(=O)[C@H](Cc1ccccc1)NC(=O)C(CSC)NC(=O)[C@@H](S)CCCN1C(=O)CCC1=O. The molecule has 11 heteroatoms. The molecule has 2 rings (SSSR count). The lowest BCUT2D eigenvalue weighted by Crippen LogP contribution is -2.55. The molecule has 3 atom stereocenters. The summed E-state index contributed by atoms with van der Waals surface area (Å²) in [5.41, 5.74) is 0.896. The van der Waals surface area contributed by atoms with Crippen LogP contribution in [0, 0.1) is 0 Å². The van der Waals surface area contributed by atoms with E-state index in [-0.39, 0.29) is 37.1 Å². The molecule has 1 aromatic carbocycles. The van der Waals surface area contributed by atoms with Crippen molar-refractivity contribution in [2.24, 2.45) is 0 Å². The predicted octanol–water partition coefficient (Wildman–Crippen LogP) is 0.535. The Balaban J connectivity index is 1.92. The molecule has 1 unspecified atom stereocenters. The normalized spacial score (nSPS) is 16.0. The van der Waals surface area contributed by atoms with Crippen molar-refractivity contribution >= 4 is 53.9 Å². The van der Waals surface area contributed by atoms with Gasteiger partial charge in [0.1, 0.15) is 12.1 Å². The average Bonchev–Trinajstić information content (AvgIpc) is 3.15. The molecule has 1 aliphatic heterocycles. The molecule has 0 saturated carbocycles. The summed E-state index contributed by atoms with van der Waals surface area (Å²) < 4.78 is 0. The summed E-state index contributed by atoms with van der Waals surface area (Å²) in [5, 5.41) is 7.32. The Morgan fingerprint density at radius 2 is 1.62 bits per heavy atom. The Kier molecular flexibility index (Phi) is 11.4. The largest absolute Gasteiger partial charge is 0.357 e. The van der Waals surface area contributed by atoms with Crippen LogP contribution in [-0.4, -0.2) is 77.4 Å². The fourth-order valence-corrected chi connectivity index (χ4v) is 4.39. The predicted molar refractivity (Wildman–Crippen MR) is 134 cm³/mol. The van der Waals surface area contributed by atoms with E-state index in [1.807, 2.05) is 36.6 Å². The minimum Gasteiger partial charge on any atom is -0.357 e. The third kappa shape index (κ3) is 8.35. The van der Waals surface area contributed by atoms with Crippen molar-refractivity contribution in [3.05, 3.63) is 35.9 Å². The maximum absolute atomic E-state index is 12.9. The molecule has 1 aromatic rings. The van der Waals surface area contributed by atoms with Crippen molar-refractivity contribution in [3.63, 3.8) is 0 Å². The molecular formula is C23H32N4O5S2. The van der Waals surface area contributed by atoms with E-state index in [4.69, 9.17) is 0 Å². The van der Waals surface area contributed by atoms with Gasteiger partial charge in [-0.05, 0) is 24.7 Å². The highest BCUT2D eigenvalue weighted by atomic mass is 32.2. The Morgan fingerprint density at radius 1 is 1.00 bits per heavy atom. The second kappa shape index (κ2) is 14.0. The van der Waals surface area contributed by atoms with Crippen LogP contribution in [0.1, 0.15) is 31.2 Å². The summed E-state index contributed by atoms with van der Waals surface area (Å²) in [6, 6.07) is 7.70. The van der Waals surface area contributed by atoms with Gasteiger partial charge in [0.2, 0.25) is 29.5 Å². The van der Waals surface area contributed by atoms with Crippen molar-refractivity contribution in [2.45, 2.75) is 49.4 Å². The standard InChI is InChI=1S/C23H32N4O5S2/c1-24-21(30)16(13-15-7-4-3-5-8-15)25-22(31)17(14-34-2)26-23(32)18(33)9-6-12-27-19(28)10-11-20(27)29/h3-5,7-8,16-18,33H,6,9-14H2,1-2H3,(H,24,30)(H,25,31)(H,26,32)/t16-,17?,18-/m0/s1. The van der Waals surface area contributed by atoms with Crippen LogP contribution in [0.5, 0.6) is 0 Å². The Labute approximate surface area is 209 Å². The van der Waals surface area contributed by atoms with Gasteiger partial charge < -0.3 is 16.0 Å². The van der Waals surface area contributed by atoms with Gasteiger partial charge in [-0.25, -0.2) is 0 Å². The molecule has 34 heavy (non-hydrogen) atoms. The first-order valence-electron chi connectivity index (χ1n) is 11.1. The molecule has 0 spiro atoms. The minimum absolute atomic E-state index is 0.192. The van der Waals surface area contributed by atoms with E-state index in [1.54, 1.807) is 0 Å². The summed E-state index contributed by atoms with van der Waals surface area (Å²) in [4.78, 5) is 62.6. The van der Waals surface area contributed by atoms with Gasteiger partial charge in [0, 0.05) is 38.6 Å². The number of carbonyl (C=O) groups is 5. The van der Waals surface area contributed by atoms with E-state index in [2.05, 4.69) is 28.6 Å². The maximum atomic E-state index is 12.9. The lowest BCUT2D eigenvalue weighted by atomic mass is 10.0. The topological polar surface area (TPSA) is 125 Å². The third-order valence-corrected chi connectivity index (χ3v) is 6.60. The van der Waals surface area contributed by atoms with Gasteiger partial charge in [-0.2, -0.15) is 24.4 Å². The van der Waals surface area contributed by atoms with Gasteiger partial charge in [-0.15, -0.1) is 0 Å². The fraction of sp³-hybridized carbons (Fsp3) is 0.522. The van der Waals surface area contributed by atoms with Gasteiger partial charge in [-0.3, -0.25) is 28.9 Å². The maximum Gasteiger partial charge on any atom is 0.244 e. The number of likely N-dealkylation sites (tertiary alicyclic amines) is 1. The van der Waals surface area contributed by atoms with E-state index >= 15 is 0 Å². The second-order valence-electron chi connectivity index (χ2n) is 7.98. The zero-order valence-corrected chi connectivity index (χ0v) is 21.1. The van der Waals surface area contributed by atoms with Gasteiger partial charge >= 0.3 is 0 Å². The van der Waals surface area contributed by atoms with Crippen LogP contribution >= 0.6 is 24.4 Å². The molecule has 1 aliphatic rings. The van der Waals surface area contributed by atoms with Crippen molar-refractivity contribution in [1.29, 1.82) is 0 Å². The summed E-state index contributed by atoms with van der Waals surface area (Å²) in [6.07, 6.45) is 3.37. The van der Waals surface area contributed by atoms with Gasteiger partial charge in [0.25, 0.3) is 0 Å². The lowest BCUT2D eigenvalue weighted by Gasteiger charge is -2.23. The van der Waals surface area contributed by atoms with Gasteiger partial charge in [-0.1, -0.05) is 30.3 Å². The third-order valence-electron chi connectivity index (χ3n) is 5.45. The smallest absolute Gasteiger partial charge is 0.244 e. The fourth-order valence-electron chi connectivity index (χ4n) is 3.57. The highest BCUT2D eigenvalue weighted by Gasteiger charge is 2.30. The Morgan fingerprint density at radius 3 is 2.21 bits per heavy atom. The number of hydrogen-bond acceptors (Lipinski definition) is 7. The van der Waals surface area contributed by atoms with Crippen LogP contribution in [0.4, 0.5) is 0 Å². The highest BCUT2D eigenvalue weighted by Crippen LogP contribution is 2.14. The molecular weight excluding hydrogens is 476 g/mol. The first kappa shape index (κ1) is 27.7. The number of likely N-dealkylation sites (N-methyl/N-ethyl adjacent to an activating group) is 1. The van der Waals surface area contributed by atoms with Crippen molar-refractivity contribution < 1.29 is 24.0 Å². The number of benzene rings is 1. The monoisotopic (exact) mass is 508 g/mol. The molecule has 3 N–H and O–H groups in total. The van der Waals surface area contributed by atoms with Crippen LogP contribution in [0.3, 0.4) is 0 Å². The highest BCUT2D eigenvalue weighted by molar-refractivity contribution is 7.98. The van der Waals surface area contributed by atoms with Gasteiger partial charge in [0.15, 0.2) is 0 Å². The zero-order valence-electron chi connectivity index (χ0n) is 19.4. The number of carbonyl (C=O) groups excluding carboxylic acids is 5. The van der Waals surface area contributed by atoms with Crippen LogP contribution < -0.4 is 16.0 Å². The quantitative estimate of drug-likeness (QED) is 0.228. The van der Waals surface area contributed by atoms with Crippen molar-refractivity contribution in [1.82, 2.24) is 20.9 Å². The Hall–Kier alpha value is -2.53. The molecule has 186 valence electrons. The van der Waals surface area contributed by atoms with Gasteiger partial charge in [0.05, 0.1) is 5.25 Å². The van der Waals surface area contributed by atoms with Crippen LogP contribution in [-0.2, 0) is 30.4 Å². The van der Waals surface area contributed by atoms with Crippen molar-refractivity contribution in [3.8, 4) is 0 Å². The van der Waals surface area contributed by atoms with Crippen LogP contribution in [0.2, 0.25) is 0 Å². The number of amides is 5. The molecule has 5 amide bonds. The zero-order chi connectivity index (χ0) is 25.1. The molecule has 0 aromatic heterocycles. The van der Waals surface area contributed by atoms with Crippen LogP contribution in [0.15, 0.2) is 30.3 Å².